The average molecular weight is 500 g/mol. The van der Waals surface area contributed by atoms with Crippen LogP contribution in [0.4, 0.5) is 9.18 Å². The van der Waals surface area contributed by atoms with Gasteiger partial charge in [0.15, 0.2) is 0 Å². The number of likely N-dealkylation sites (tertiary alicyclic amines) is 2. The minimum absolute atomic E-state index is 0.146. The summed E-state index contributed by atoms with van der Waals surface area (Å²) in [5, 5.41) is 22.5. The summed E-state index contributed by atoms with van der Waals surface area (Å²) in [6.45, 7) is 2.16. The Labute approximate surface area is 212 Å². The highest BCUT2D eigenvalue weighted by Crippen LogP contribution is 2.44. The number of carbonyl (C=O) groups is 1. The molecule has 0 bridgehead atoms. The number of unbranched alkanes of at least 4 members (excludes halogenated alkanes) is 1. The Morgan fingerprint density at radius 1 is 1.14 bits per heavy atom. The number of aliphatic hydroxyl groups excluding tert-OH is 1. The van der Waals surface area contributed by atoms with E-state index in [0.29, 0.717) is 38.2 Å². The Morgan fingerprint density at radius 3 is 2.67 bits per heavy atom. The molecule has 2 aromatic rings. The first-order valence-corrected chi connectivity index (χ1v) is 12.9. The number of methoxy groups -OCH3 is 1. The Kier molecular flexibility index (Phi) is 8.62. The average Bonchev–Trinajstić information content (AvgIpc) is 3.24. The van der Waals surface area contributed by atoms with Crippen molar-refractivity contribution in [2.45, 2.75) is 49.9 Å². The summed E-state index contributed by atoms with van der Waals surface area (Å²) in [5.41, 5.74) is 6.98. The summed E-state index contributed by atoms with van der Waals surface area (Å²) in [6.07, 6.45) is 2.87. The smallest absolute Gasteiger partial charge is 0.320 e. The quantitative estimate of drug-likeness (QED) is 0.484. The molecule has 0 aromatic heterocycles. The fraction of sp³-hybridized carbons (Fsp3) is 0.536. The maximum atomic E-state index is 14.1. The molecule has 2 heterocycles. The predicted octanol–water partition coefficient (Wildman–Crippen LogP) is 3.33. The molecule has 8 heteroatoms. The van der Waals surface area contributed by atoms with E-state index in [0.717, 1.165) is 36.8 Å². The number of nitrogens with two attached hydrogens (primary N) is 1. The summed E-state index contributed by atoms with van der Waals surface area (Å²) in [5.74, 6) is -0.528. The molecular weight excluding hydrogens is 461 g/mol. The molecule has 0 spiro atoms. The lowest BCUT2D eigenvalue weighted by Crippen LogP contribution is -2.52. The number of carbonyl (C=O) groups excluding carboxylic acids is 1. The SMILES string of the molecule is COCCCCC(O)(c1ccccc1-c1cccc(F)c1)C1CCCN(C(=O)N2CC(N)C(O)C2)C1. The van der Waals surface area contributed by atoms with Crippen LogP contribution in [0, 0.1) is 11.7 Å². The summed E-state index contributed by atoms with van der Waals surface area (Å²) in [4.78, 5) is 16.7. The van der Waals surface area contributed by atoms with Gasteiger partial charge in [-0.3, -0.25) is 0 Å². The highest BCUT2D eigenvalue weighted by Gasteiger charge is 2.43. The van der Waals surface area contributed by atoms with Crippen LogP contribution in [0.2, 0.25) is 0 Å². The molecule has 196 valence electrons. The van der Waals surface area contributed by atoms with Gasteiger partial charge in [0.1, 0.15) is 5.82 Å². The van der Waals surface area contributed by atoms with Gasteiger partial charge in [-0.05, 0) is 60.9 Å². The molecule has 4 rings (SSSR count). The predicted molar refractivity (Wildman–Crippen MR) is 137 cm³/mol. The van der Waals surface area contributed by atoms with Gasteiger partial charge >= 0.3 is 6.03 Å². The van der Waals surface area contributed by atoms with Crippen molar-refractivity contribution in [1.82, 2.24) is 9.80 Å². The topological polar surface area (TPSA) is 99.3 Å². The van der Waals surface area contributed by atoms with Crippen molar-refractivity contribution < 1.29 is 24.1 Å². The molecule has 36 heavy (non-hydrogen) atoms. The molecule has 2 aromatic carbocycles. The van der Waals surface area contributed by atoms with Crippen LogP contribution in [0.3, 0.4) is 0 Å². The number of urea groups is 1. The zero-order chi connectivity index (χ0) is 25.7. The van der Waals surface area contributed by atoms with Gasteiger partial charge in [-0.15, -0.1) is 0 Å². The van der Waals surface area contributed by atoms with Crippen LogP contribution in [0.5, 0.6) is 0 Å². The molecule has 2 saturated heterocycles. The van der Waals surface area contributed by atoms with Gasteiger partial charge in [-0.2, -0.15) is 0 Å². The van der Waals surface area contributed by atoms with Crippen LogP contribution in [-0.2, 0) is 10.3 Å². The van der Waals surface area contributed by atoms with E-state index >= 15 is 0 Å². The van der Waals surface area contributed by atoms with E-state index < -0.39 is 17.7 Å². The first-order valence-electron chi connectivity index (χ1n) is 12.9. The molecule has 2 aliphatic rings. The fourth-order valence-electron chi connectivity index (χ4n) is 5.68. The van der Waals surface area contributed by atoms with E-state index in [9.17, 15) is 19.4 Å². The normalized spacial score (nSPS) is 24.1. The minimum atomic E-state index is -1.21. The number of aliphatic hydroxyl groups is 2. The summed E-state index contributed by atoms with van der Waals surface area (Å²) < 4.78 is 19.3. The molecule has 0 saturated carbocycles. The second kappa shape index (κ2) is 11.7. The van der Waals surface area contributed by atoms with Gasteiger partial charge < -0.3 is 30.5 Å². The molecule has 7 nitrogen and oxygen atoms in total. The monoisotopic (exact) mass is 499 g/mol. The number of nitrogens with zero attached hydrogens (tertiary/aromatic N) is 2. The van der Waals surface area contributed by atoms with Gasteiger partial charge in [0.25, 0.3) is 0 Å². The van der Waals surface area contributed by atoms with Crippen LogP contribution in [0.1, 0.15) is 37.7 Å². The molecule has 2 aliphatic heterocycles. The van der Waals surface area contributed by atoms with Gasteiger partial charge in [0.2, 0.25) is 0 Å². The first kappa shape index (κ1) is 26.5. The number of hydrogen-bond acceptors (Lipinski definition) is 5. The molecule has 2 fully saturated rings. The van der Waals surface area contributed by atoms with Crippen LogP contribution in [0.25, 0.3) is 11.1 Å². The first-order chi connectivity index (χ1) is 17.3. The lowest BCUT2D eigenvalue weighted by Gasteiger charge is -2.44. The molecule has 0 aliphatic carbocycles. The Bertz CT molecular complexity index is 1030. The standard InChI is InChI=1S/C28H38FN3O4/c1-36-15-5-4-13-28(35,24-12-3-2-11-23(24)20-8-6-10-22(29)16-20)21-9-7-14-31(17-21)27(34)32-18-25(30)26(33)19-32/h2-3,6,8,10-12,16,21,25-26,33,35H,4-5,7,9,13-15,17-19,30H2,1H3. The Morgan fingerprint density at radius 2 is 1.94 bits per heavy atom. The van der Waals surface area contributed by atoms with E-state index in [2.05, 4.69) is 0 Å². The van der Waals surface area contributed by atoms with Crippen molar-refractivity contribution in [3.63, 3.8) is 0 Å². The molecule has 4 atom stereocenters. The highest BCUT2D eigenvalue weighted by atomic mass is 19.1. The number of β-amino-alcohol motifs (C(OH)–C–C–N with tert-alkyl or cyclic N) is 1. The second-order valence-electron chi connectivity index (χ2n) is 10.1. The lowest BCUT2D eigenvalue weighted by molar-refractivity contribution is -0.0571. The maximum absolute atomic E-state index is 14.1. The van der Waals surface area contributed by atoms with Gasteiger partial charge in [0.05, 0.1) is 11.7 Å². The summed E-state index contributed by atoms with van der Waals surface area (Å²) in [7, 11) is 1.66. The van der Waals surface area contributed by atoms with Crippen molar-refractivity contribution in [2.24, 2.45) is 11.7 Å². The Balaban J connectivity index is 1.64. The largest absolute Gasteiger partial charge is 0.390 e. The number of ether oxygens (including phenoxy) is 1. The zero-order valence-electron chi connectivity index (χ0n) is 21.0. The number of rotatable bonds is 8. The third kappa shape index (κ3) is 5.72. The van der Waals surface area contributed by atoms with E-state index in [1.807, 2.05) is 30.3 Å². The van der Waals surface area contributed by atoms with Crippen molar-refractivity contribution in [3.05, 3.63) is 59.9 Å². The minimum Gasteiger partial charge on any atom is -0.390 e. The number of hydrogen-bond donors (Lipinski definition) is 3. The third-order valence-electron chi connectivity index (χ3n) is 7.66. The maximum Gasteiger partial charge on any atom is 0.320 e. The molecule has 0 radical (unpaired) electrons. The lowest BCUT2D eigenvalue weighted by atomic mass is 9.72. The van der Waals surface area contributed by atoms with Crippen molar-refractivity contribution in [2.75, 3.05) is 39.9 Å². The van der Waals surface area contributed by atoms with Crippen molar-refractivity contribution in [1.29, 1.82) is 0 Å². The molecular formula is C28H38FN3O4. The van der Waals surface area contributed by atoms with Crippen LogP contribution in [0.15, 0.2) is 48.5 Å². The molecule has 2 amide bonds. The van der Waals surface area contributed by atoms with Gasteiger partial charge in [-0.25, -0.2) is 9.18 Å². The van der Waals surface area contributed by atoms with Crippen LogP contribution < -0.4 is 5.73 Å². The molecule has 4 unspecified atom stereocenters. The Hall–Kier alpha value is -2.52. The van der Waals surface area contributed by atoms with E-state index in [1.54, 1.807) is 23.0 Å². The number of piperidine rings is 1. The van der Waals surface area contributed by atoms with E-state index in [1.165, 1.54) is 12.1 Å². The number of amides is 2. The van der Waals surface area contributed by atoms with Crippen LogP contribution >= 0.6 is 0 Å². The van der Waals surface area contributed by atoms with Gasteiger partial charge in [0, 0.05) is 51.9 Å². The van der Waals surface area contributed by atoms with Crippen LogP contribution in [-0.4, -0.2) is 78.1 Å². The van der Waals surface area contributed by atoms with E-state index in [-0.39, 0.29) is 24.3 Å². The summed E-state index contributed by atoms with van der Waals surface area (Å²) in [6, 6.07) is 13.5. The summed E-state index contributed by atoms with van der Waals surface area (Å²) >= 11 is 0. The highest BCUT2D eigenvalue weighted by molar-refractivity contribution is 5.75. The number of halogens is 1. The second-order valence-corrected chi connectivity index (χ2v) is 10.1. The van der Waals surface area contributed by atoms with Gasteiger partial charge in [-0.1, -0.05) is 36.4 Å². The fourth-order valence-corrected chi connectivity index (χ4v) is 5.68. The van der Waals surface area contributed by atoms with Crippen molar-refractivity contribution in [3.8, 4) is 11.1 Å². The number of benzene rings is 2. The molecule has 4 N–H and O–H groups in total. The zero-order valence-corrected chi connectivity index (χ0v) is 21.0. The van der Waals surface area contributed by atoms with E-state index in [4.69, 9.17) is 10.5 Å². The van der Waals surface area contributed by atoms with Crippen molar-refractivity contribution >= 4 is 6.03 Å². The third-order valence-corrected chi connectivity index (χ3v) is 7.66.